The summed E-state index contributed by atoms with van der Waals surface area (Å²) >= 11 is 1.86. The normalized spacial score (nSPS) is 12.3. The maximum Gasteiger partial charge on any atom is 0.0438 e. The molecule has 2 aromatic rings. The fraction of sp³-hybridized carbons (Fsp3) is 0.214. The number of hydrogen-bond acceptors (Lipinski definition) is 3. The van der Waals surface area contributed by atoms with E-state index in [9.17, 15) is 0 Å². The first kappa shape index (κ1) is 12.1. The van der Waals surface area contributed by atoms with Gasteiger partial charge in [-0.3, -0.25) is 4.98 Å². The predicted octanol–water partition coefficient (Wildman–Crippen LogP) is 3.01. The van der Waals surface area contributed by atoms with Gasteiger partial charge in [0.05, 0.1) is 0 Å². The van der Waals surface area contributed by atoms with Crippen LogP contribution in [0.15, 0.2) is 54.9 Å². The van der Waals surface area contributed by atoms with Gasteiger partial charge in [0.25, 0.3) is 0 Å². The van der Waals surface area contributed by atoms with Crippen LogP contribution in [-0.4, -0.2) is 11.5 Å². The highest BCUT2D eigenvalue weighted by Gasteiger charge is 2.09. The minimum Gasteiger partial charge on any atom is -0.329 e. The van der Waals surface area contributed by atoms with Crippen molar-refractivity contribution in [3.63, 3.8) is 0 Å². The lowest BCUT2D eigenvalue weighted by molar-refractivity contribution is 0.931. The largest absolute Gasteiger partial charge is 0.329 e. The van der Waals surface area contributed by atoms with Gasteiger partial charge >= 0.3 is 0 Å². The van der Waals surface area contributed by atoms with Gasteiger partial charge in [0.15, 0.2) is 0 Å². The predicted molar refractivity (Wildman–Crippen MR) is 73.8 cm³/mol. The molecule has 0 saturated carbocycles. The molecule has 0 bridgehead atoms. The maximum atomic E-state index is 5.82. The molecule has 0 aliphatic rings. The van der Waals surface area contributed by atoms with Crippen LogP contribution in [0.4, 0.5) is 0 Å². The minimum absolute atomic E-state index is 0.323. The average Bonchev–Trinajstić information content (AvgIpc) is 2.42. The Bertz CT molecular complexity index is 430. The van der Waals surface area contributed by atoms with E-state index in [0.717, 1.165) is 5.75 Å². The monoisotopic (exact) mass is 244 g/mol. The van der Waals surface area contributed by atoms with Crippen molar-refractivity contribution < 1.29 is 0 Å². The van der Waals surface area contributed by atoms with Crippen molar-refractivity contribution in [2.75, 3.05) is 6.54 Å². The molecule has 0 fully saturated rings. The first-order valence-electron chi connectivity index (χ1n) is 5.65. The van der Waals surface area contributed by atoms with Crippen LogP contribution in [0.2, 0.25) is 0 Å². The van der Waals surface area contributed by atoms with Crippen LogP contribution < -0.4 is 5.73 Å². The second-order valence-corrected chi connectivity index (χ2v) is 5.00. The van der Waals surface area contributed by atoms with Gasteiger partial charge < -0.3 is 5.73 Å². The molecule has 2 rings (SSSR count). The lowest BCUT2D eigenvalue weighted by atomic mass is 10.2. The van der Waals surface area contributed by atoms with Gasteiger partial charge in [-0.2, -0.15) is 0 Å². The van der Waals surface area contributed by atoms with E-state index in [1.165, 1.54) is 11.1 Å². The van der Waals surface area contributed by atoms with Crippen molar-refractivity contribution in [3.05, 3.63) is 66.0 Å². The van der Waals surface area contributed by atoms with E-state index in [1.54, 1.807) is 6.20 Å². The van der Waals surface area contributed by atoms with E-state index in [0.29, 0.717) is 11.8 Å². The maximum absolute atomic E-state index is 5.82. The van der Waals surface area contributed by atoms with E-state index in [2.05, 4.69) is 35.3 Å². The van der Waals surface area contributed by atoms with Crippen LogP contribution in [0.1, 0.15) is 16.4 Å². The van der Waals surface area contributed by atoms with Crippen molar-refractivity contribution in [3.8, 4) is 0 Å². The van der Waals surface area contributed by atoms with E-state index in [-0.39, 0.29) is 0 Å². The van der Waals surface area contributed by atoms with Crippen molar-refractivity contribution in [2.24, 2.45) is 5.73 Å². The Morgan fingerprint density at radius 3 is 2.59 bits per heavy atom. The summed E-state index contributed by atoms with van der Waals surface area (Å²) in [7, 11) is 0. The van der Waals surface area contributed by atoms with Crippen molar-refractivity contribution in [1.82, 2.24) is 4.98 Å². The van der Waals surface area contributed by atoms with Crippen LogP contribution in [-0.2, 0) is 5.75 Å². The molecular formula is C14H16N2S. The van der Waals surface area contributed by atoms with Crippen LogP contribution in [0, 0.1) is 0 Å². The first-order valence-corrected chi connectivity index (χ1v) is 6.70. The molecule has 2 nitrogen and oxygen atoms in total. The van der Waals surface area contributed by atoms with Crippen molar-refractivity contribution >= 4 is 11.8 Å². The third-order valence-corrected chi connectivity index (χ3v) is 3.93. The molecule has 0 aliphatic heterocycles. The van der Waals surface area contributed by atoms with E-state index in [4.69, 9.17) is 5.73 Å². The quantitative estimate of drug-likeness (QED) is 0.878. The third kappa shape index (κ3) is 3.58. The number of pyridine rings is 1. The number of nitrogens with two attached hydrogens (primary N) is 1. The molecule has 3 heteroatoms. The summed E-state index contributed by atoms with van der Waals surface area (Å²) in [5.41, 5.74) is 8.36. The summed E-state index contributed by atoms with van der Waals surface area (Å²) in [6, 6.07) is 14.5. The van der Waals surface area contributed by atoms with Gasteiger partial charge in [-0.05, 0) is 17.2 Å². The van der Waals surface area contributed by atoms with Gasteiger partial charge in [0.1, 0.15) is 0 Å². The fourth-order valence-electron chi connectivity index (χ4n) is 1.64. The summed E-state index contributed by atoms with van der Waals surface area (Å²) in [6.45, 7) is 0.642. The fourth-order valence-corrected chi connectivity index (χ4v) is 2.69. The molecule has 0 radical (unpaired) electrons. The summed E-state index contributed by atoms with van der Waals surface area (Å²) in [5.74, 6) is 0.984. The molecule has 1 heterocycles. The molecule has 2 N–H and O–H groups in total. The molecule has 0 aliphatic carbocycles. The van der Waals surface area contributed by atoms with Crippen LogP contribution in [0.3, 0.4) is 0 Å². The highest BCUT2D eigenvalue weighted by molar-refractivity contribution is 7.98. The smallest absolute Gasteiger partial charge is 0.0438 e. The number of rotatable bonds is 5. The number of aromatic nitrogens is 1. The lowest BCUT2D eigenvalue weighted by Crippen LogP contribution is -2.09. The molecule has 1 atom stereocenters. The number of thioether (sulfide) groups is 1. The Hall–Kier alpha value is -1.32. The molecule has 0 spiro atoms. The van der Waals surface area contributed by atoms with E-state index >= 15 is 0 Å². The third-order valence-electron chi connectivity index (χ3n) is 2.56. The number of benzene rings is 1. The Morgan fingerprint density at radius 1 is 1.12 bits per heavy atom. The zero-order valence-electron chi connectivity index (χ0n) is 9.62. The van der Waals surface area contributed by atoms with E-state index in [1.807, 2.05) is 30.1 Å². The standard InChI is InChI=1S/C14H16N2S/c15-9-14(13-7-4-8-16-10-13)17-11-12-5-2-1-3-6-12/h1-8,10,14H,9,11,15H2. The number of hydrogen-bond donors (Lipinski definition) is 1. The van der Waals surface area contributed by atoms with Gasteiger partial charge in [0.2, 0.25) is 0 Å². The zero-order valence-corrected chi connectivity index (χ0v) is 10.4. The van der Waals surface area contributed by atoms with Crippen molar-refractivity contribution in [2.45, 2.75) is 11.0 Å². The van der Waals surface area contributed by atoms with E-state index < -0.39 is 0 Å². The molecule has 1 aromatic carbocycles. The molecular weight excluding hydrogens is 228 g/mol. The highest BCUT2D eigenvalue weighted by atomic mass is 32.2. The Balaban J connectivity index is 1.97. The molecule has 1 unspecified atom stereocenters. The Labute approximate surface area is 106 Å². The molecule has 1 aromatic heterocycles. The molecule has 0 saturated heterocycles. The first-order chi connectivity index (χ1) is 8.40. The summed E-state index contributed by atoms with van der Waals surface area (Å²) in [5, 5.41) is 0.323. The topological polar surface area (TPSA) is 38.9 Å². The van der Waals surface area contributed by atoms with Crippen LogP contribution in [0.25, 0.3) is 0 Å². The summed E-state index contributed by atoms with van der Waals surface area (Å²) in [6.07, 6.45) is 3.69. The van der Waals surface area contributed by atoms with Crippen LogP contribution in [0.5, 0.6) is 0 Å². The number of nitrogens with zero attached hydrogens (tertiary/aromatic N) is 1. The SMILES string of the molecule is NCC(SCc1ccccc1)c1cccnc1. The van der Waals surface area contributed by atoms with Gasteiger partial charge in [-0.15, -0.1) is 11.8 Å². The lowest BCUT2D eigenvalue weighted by Gasteiger charge is -2.14. The average molecular weight is 244 g/mol. The molecule has 0 amide bonds. The van der Waals surface area contributed by atoms with Crippen LogP contribution >= 0.6 is 11.8 Å². The Morgan fingerprint density at radius 2 is 1.94 bits per heavy atom. The molecule has 17 heavy (non-hydrogen) atoms. The highest BCUT2D eigenvalue weighted by Crippen LogP contribution is 2.29. The zero-order chi connectivity index (χ0) is 11.9. The minimum atomic E-state index is 0.323. The van der Waals surface area contributed by atoms with Gasteiger partial charge in [-0.25, -0.2) is 0 Å². The molecule has 88 valence electrons. The van der Waals surface area contributed by atoms with Crippen molar-refractivity contribution in [1.29, 1.82) is 0 Å². The van der Waals surface area contributed by atoms with Gasteiger partial charge in [0, 0.05) is 29.9 Å². The second-order valence-electron chi connectivity index (χ2n) is 3.81. The summed E-state index contributed by atoms with van der Waals surface area (Å²) < 4.78 is 0. The van der Waals surface area contributed by atoms with Gasteiger partial charge in [-0.1, -0.05) is 36.4 Å². The summed E-state index contributed by atoms with van der Waals surface area (Å²) in [4.78, 5) is 4.14. The second kappa shape index (κ2) is 6.42. The Kier molecular flexibility index (Phi) is 4.59.